The van der Waals surface area contributed by atoms with Crippen LogP contribution in [-0.2, 0) is 14.4 Å². The summed E-state index contributed by atoms with van der Waals surface area (Å²) in [5, 5.41) is 11.0. The fraction of sp³-hybridized carbons (Fsp3) is 0.364. The van der Waals surface area contributed by atoms with Crippen LogP contribution >= 0.6 is 0 Å². The van der Waals surface area contributed by atoms with E-state index in [9.17, 15) is 14.4 Å². The van der Waals surface area contributed by atoms with E-state index in [0.29, 0.717) is 35.7 Å². The number of nitrogens with zero attached hydrogens (tertiary/aromatic N) is 5. The topological polar surface area (TPSA) is 108 Å². The lowest BCUT2D eigenvalue weighted by Crippen LogP contribution is -2.40. The summed E-state index contributed by atoms with van der Waals surface area (Å²) in [6.07, 6.45) is 4.78. The smallest absolute Gasteiger partial charge is 0.277 e. The molecule has 31 heavy (non-hydrogen) atoms. The fourth-order valence-corrected chi connectivity index (χ4v) is 4.04. The molecule has 1 fully saturated rings. The first-order chi connectivity index (χ1) is 15.0. The van der Waals surface area contributed by atoms with Crippen LogP contribution in [0, 0.1) is 6.92 Å². The van der Waals surface area contributed by atoms with Gasteiger partial charge in [-0.1, -0.05) is 0 Å². The second-order valence-electron chi connectivity index (χ2n) is 8.10. The number of nitrogens with one attached hydrogen (secondary N) is 1. The van der Waals surface area contributed by atoms with Gasteiger partial charge in [0.1, 0.15) is 5.70 Å². The van der Waals surface area contributed by atoms with Crippen molar-refractivity contribution in [2.75, 3.05) is 18.4 Å². The standard InChI is InChI=1S/C22H22N6O3/c1-13-4-5-14(11-23-13)17-8-9-18(26-25-17)24-19(29)12-27-10-2-3-16-20(27)22(31)28(21(16)30)15-6-7-15/h4-5,8-9,11,15H,2-3,6-7,10,12H2,1H3,(H,24,26,29). The maximum Gasteiger partial charge on any atom is 0.277 e. The predicted molar refractivity (Wildman–Crippen MR) is 111 cm³/mol. The van der Waals surface area contributed by atoms with E-state index in [4.69, 9.17) is 0 Å². The molecule has 0 bridgehead atoms. The number of hydrogen-bond donors (Lipinski definition) is 1. The van der Waals surface area contributed by atoms with Crippen LogP contribution in [0.4, 0.5) is 5.82 Å². The normalized spacial score (nSPS) is 18.5. The van der Waals surface area contributed by atoms with Gasteiger partial charge in [-0.25, -0.2) is 0 Å². The molecule has 0 atom stereocenters. The quantitative estimate of drug-likeness (QED) is 0.736. The minimum Gasteiger partial charge on any atom is -0.357 e. The highest BCUT2D eigenvalue weighted by molar-refractivity contribution is 6.19. The maximum atomic E-state index is 12.8. The van der Waals surface area contributed by atoms with Crippen LogP contribution in [0.15, 0.2) is 41.7 Å². The number of anilines is 1. The van der Waals surface area contributed by atoms with Crippen LogP contribution < -0.4 is 5.32 Å². The lowest BCUT2D eigenvalue weighted by Gasteiger charge is -2.28. The number of imide groups is 1. The van der Waals surface area contributed by atoms with E-state index in [1.807, 2.05) is 19.1 Å². The first kappa shape index (κ1) is 19.3. The molecule has 0 saturated heterocycles. The Morgan fingerprint density at radius 3 is 2.65 bits per heavy atom. The average molecular weight is 418 g/mol. The second kappa shape index (κ2) is 7.57. The summed E-state index contributed by atoms with van der Waals surface area (Å²) in [7, 11) is 0. The Morgan fingerprint density at radius 1 is 1.13 bits per heavy atom. The lowest BCUT2D eigenvalue weighted by molar-refractivity contribution is -0.138. The van der Waals surface area contributed by atoms with Gasteiger partial charge in [0, 0.05) is 35.6 Å². The molecular formula is C22H22N6O3. The molecule has 0 spiro atoms. The summed E-state index contributed by atoms with van der Waals surface area (Å²) < 4.78 is 0. The zero-order chi connectivity index (χ0) is 21.5. The van der Waals surface area contributed by atoms with Crippen LogP contribution in [0.1, 0.15) is 31.4 Å². The average Bonchev–Trinajstić information content (AvgIpc) is 3.56. The molecule has 2 aliphatic heterocycles. The molecule has 0 unspecified atom stereocenters. The summed E-state index contributed by atoms with van der Waals surface area (Å²) in [4.78, 5) is 45.4. The molecule has 1 N–H and O–H groups in total. The predicted octanol–water partition coefficient (Wildman–Crippen LogP) is 1.67. The summed E-state index contributed by atoms with van der Waals surface area (Å²) in [6, 6.07) is 7.28. The Kier molecular flexibility index (Phi) is 4.72. The van der Waals surface area contributed by atoms with Crippen molar-refractivity contribution in [2.45, 2.75) is 38.6 Å². The Bertz CT molecular complexity index is 1090. The zero-order valence-corrected chi connectivity index (χ0v) is 17.2. The number of carbonyl (C=O) groups excluding carboxylic acids is 3. The minimum absolute atomic E-state index is 0.0122. The van der Waals surface area contributed by atoms with Crippen molar-refractivity contribution >= 4 is 23.5 Å². The molecule has 9 nitrogen and oxygen atoms in total. The van der Waals surface area contributed by atoms with Crippen molar-refractivity contribution in [1.29, 1.82) is 0 Å². The maximum absolute atomic E-state index is 12.8. The molecular weight excluding hydrogens is 396 g/mol. The van der Waals surface area contributed by atoms with Crippen molar-refractivity contribution in [3.8, 4) is 11.3 Å². The monoisotopic (exact) mass is 418 g/mol. The van der Waals surface area contributed by atoms with Crippen LogP contribution in [0.5, 0.6) is 0 Å². The molecule has 0 aromatic carbocycles. The van der Waals surface area contributed by atoms with E-state index >= 15 is 0 Å². The Hall–Kier alpha value is -3.62. The number of rotatable bonds is 5. The third-order valence-electron chi connectivity index (χ3n) is 5.74. The number of aryl methyl sites for hydroxylation is 1. The van der Waals surface area contributed by atoms with Crippen LogP contribution in [-0.4, -0.2) is 61.8 Å². The van der Waals surface area contributed by atoms with Gasteiger partial charge in [-0.3, -0.25) is 24.3 Å². The van der Waals surface area contributed by atoms with Crippen molar-refractivity contribution in [3.63, 3.8) is 0 Å². The van der Waals surface area contributed by atoms with Crippen molar-refractivity contribution in [1.82, 2.24) is 25.0 Å². The zero-order valence-electron chi connectivity index (χ0n) is 17.2. The fourth-order valence-electron chi connectivity index (χ4n) is 4.04. The molecule has 2 aromatic rings. The van der Waals surface area contributed by atoms with Crippen LogP contribution in [0.2, 0.25) is 0 Å². The second-order valence-corrected chi connectivity index (χ2v) is 8.10. The van der Waals surface area contributed by atoms with Gasteiger partial charge in [-0.2, -0.15) is 0 Å². The van der Waals surface area contributed by atoms with E-state index in [-0.39, 0.29) is 30.3 Å². The van der Waals surface area contributed by atoms with Crippen molar-refractivity contribution < 1.29 is 14.4 Å². The highest BCUT2D eigenvalue weighted by Crippen LogP contribution is 2.38. The van der Waals surface area contributed by atoms with Gasteiger partial charge in [-0.05, 0) is 56.9 Å². The SMILES string of the molecule is Cc1ccc(-c2ccc(NC(=O)CN3CCCC4=C3C(=O)N(C3CC3)C4=O)nn2)cn1. The number of aromatic nitrogens is 3. The molecule has 158 valence electrons. The lowest BCUT2D eigenvalue weighted by atomic mass is 10.0. The summed E-state index contributed by atoms with van der Waals surface area (Å²) in [5.74, 6) is -0.420. The molecule has 4 heterocycles. The highest BCUT2D eigenvalue weighted by atomic mass is 16.2. The van der Waals surface area contributed by atoms with Gasteiger partial charge in [0.05, 0.1) is 12.2 Å². The first-order valence-corrected chi connectivity index (χ1v) is 10.4. The summed E-state index contributed by atoms with van der Waals surface area (Å²) in [6.45, 7) is 2.46. The number of carbonyl (C=O) groups is 3. The Labute approximate surface area is 179 Å². The van der Waals surface area contributed by atoms with Gasteiger partial charge < -0.3 is 10.2 Å². The van der Waals surface area contributed by atoms with Crippen LogP contribution in [0.3, 0.4) is 0 Å². The largest absolute Gasteiger partial charge is 0.357 e. The third kappa shape index (κ3) is 3.67. The van der Waals surface area contributed by atoms with E-state index in [0.717, 1.165) is 30.5 Å². The number of pyridine rings is 1. The van der Waals surface area contributed by atoms with Gasteiger partial charge in [-0.15, -0.1) is 10.2 Å². The first-order valence-electron chi connectivity index (χ1n) is 10.4. The van der Waals surface area contributed by atoms with Gasteiger partial charge >= 0.3 is 0 Å². The molecule has 3 aliphatic rings. The van der Waals surface area contributed by atoms with Gasteiger partial charge in [0.15, 0.2) is 5.82 Å². The Balaban J connectivity index is 1.26. The molecule has 5 rings (SSSR count). The highest BCUT2D eigenvalue weighted by Gasteiger charge is 2.48. The summed E-state index contributed by atoms with van der Waals surface area (Å²) >= 11 is 0. The number of hydrogen-bond acceptors (Lipinski definition) is 7. The van der Waals surface area contributed by atoms with E-state index in [2.05, 4.69) is 20.5 Å². The van der Waals surface area contributed by atoms with Crippen molar-refractivity contribution in [2.24, 2.45) is 0 Å². The molecule has 1 saturated carbocycles. The molecule has 3 amide bonds. The van der Waals surface area contributed by atoms with E-state index < -0.39 is 0 Å². The number of amides is 3. The van der Waals surface area contributed by atoms with Gasteiger partial charge in [0.2, 0.25) is 5.91 Å². The van der Waals surface area contributed by atoms with E-state index in [1.165, 1.54) is 4.90 Å². The molecule has 0 radical (unpaired) electrons. The molecule has 1 aliphatic carbocycles. The summed E-state index contributed by atoms with van der Waals surface area (Å²) in [5.41, 5.74) is 3.36. The van der Waals surface area contributed by atoms with Crippen molar-refractivity contribution in [3.05, 3.63) is 47.4 Å². The third-order valence-corrected chi connectivity index (χ3v) is 5.74. The van der Waals surface area contributed by atoms with Gasteiger partial charge in [0.25, 0.3) is 11.8 Å². The van der Waals surface area contributed by atoms with Crippen LogP contribution in [0.25, 0.3) is 11.3 Å². The van der Waals surface area contributed by atoms with E-state index in [1.54, 1.807) is 23.2 Å². The minimum atomic E-state index is -0.307. The Morgan fingerprint density at radius 2 is 1.97 bits per heavy atom. The molecule has 2 aromatic heterocycles. The molecule has 9 heteroatoms.